The van der Waals surface area contributed by atoms with Gasteiger partial charge in [0, 0.05) is 11.2 Å². The molecule has 1 aromatic carbocycles. The van der Waals surface area contributed by atoms with Crippen LogP contribution in [0.15, 0.2) is 36.5 Å². The zero-order chi connectivity index (χ0) is 14.5. The van der Waals surface area contributed by atoms with Crippen molar-refractivity contribution in [3.8, 4) is 0 Å². The first-order valence-electron chi connectivity index (χ1n) is 6.73. The first kappa shape index (κ1) is 15.3. The monoisotopic (exact) mass is 308 g/mol. The summed E-state index contributed by atoms with van der Waals surface area (Å²) in [4.78, 5) is 4.42. The zero-order valence-corrected chi connectivity index (χ0v) is 13.2. The molecule has 0 radical (unpaired) electrons. The lowest BCUT2D eigenvalue weighted by Crippen LogP contribution is -2.24. The van der Waals surface area contributed by atoms with Gasteiger partial charge in [0.2, 0.25) is 0 Å². The molecule has 2 rings (SSSR count). The Kier molecular flexibility index (Phi) is 5.41. The number of nitrogens with one attached hydrogen (secondary N) is 1. The molecule has 0 aliphatic carbocycles. The largest absolute Gasteiger partial charge is 0.305 e. The molecule has 0 aliphatic rings. The summed E-state index contributed by atoms with van der Waals surface area (Å²) in [6, 6.07) is 9.73. The SMILES string of the molecule is CCCNC(c1ccc(C)c(Cl)c1)c1ncccc1Cl. The summed E-state index contributed by atoms with van der Waals surface area (Å²) in [5.74, 6) is 0. The van der Waals surface area contributed by atoms with Gasteiger partial charge in [0.25, 0.3) is 0 Å². The van der Waals surface area contributed by atoms with Gasteiger partial charge in [-0.1, -0.05) is 42.3 Å². The van der Waals surface area contributed by atoms with E-state index in [9.17, 15) is 0 Å². The summed E-state index contributed by atoms with van der Waals surface area (Å²) < 4.78 is 0. The number of aromatic nitrogens is 1. The van der Waals surface area contributed by atoms with Gasteiger partial charge in [-0.2, -0.15) is 0 Å². The average molecular weight is 309 g/mol. The van der Waals surface area contributed by atoms with Crippen LogP contribution in [-0.2, 0) is 0 Å². The lowest BCUT2D eigenvalue weighted by Gasteiger charge is -2.20. The fourth-order valence-electron chi connectivity index (χ4n) is 2.06. The molecule has 1 aromatic heterocycles. The molecule has 1 unspecified atom stereocenters. The highest BCUT2D eigenvalue weighted by atomic mass is 35.5. The van der Waals surface area contributed by atoms with E-state index in [1.165, 1.54) is 0 Å². The van der Waals surface area contributed by atoms with Crippen molar-refractivity contribution in [3.63, 3.8) is 0 Å². The van der Waals surface area contributed by atoms with Gasteiger partial charge in [-0.25, -0.2) is 0 Å². The molecule has 0 aliphatic heterocycles. The molecular formula is C16H18Cl2N2. The van der Waals surface area contributed by atoms with E-state index in [0.717, 1.165) is 34.8 Å². The highest BCUT2D eigenvalue weighted by Crippen LogP contribution is 2.29. The third-order valence-electron chi connectivity index (χ3n) is 3.19. The Morgan fingerprint density at radius 3 is 2.65 bits per heavy atom. The molecule has 20 heavy (non-hydrogen) atoms. The van der Waals surface area contributed by atoms with E-state index in [0.29, 0.717) is 5.02 Å². The van der Waals surface area contributed by atoms with Gasteiger partial charge in [0.05, 0.1) is 16.8 Å². The van der Waals surface area contributed by atoms with E-state index in [1.54, 1.807) is 6.20 Å². The normalized spacial score (nSPS) is 12.4. The van der Waals surface area contributed by atoms with Gasteiger partial charge in [0.15, 0.2) is 0 Å². The Morgan fingerprint density at radius 2 is 2.00 bits per heavy atom. The van der Waals surface area contributed by atoms with Crippen molar-refractivity contribution in [2.45, 2.75) is 26.3 Å². The van der Waals surface area contributed by atoms with Crippen LogP contribution in [0.4, 0.5) is 0 Å². The predicted octanol–water partition coefficient (Wildman–Crippen LogP) is 4.79. The molecule has 4 heteroatoms. The standard InChI is InChI=1S/C16H18Cl2N2/c1-3-8-19-15(16-13(17)5-4-9-20-16)12-7-6-11(2)14(18)10-12/h4-7,9-10,15,19H,3,8H2,1-2H3. The number of benzene rings is 1. The molecule has 106 valence electrons. The van der Waals surface area contributed by atoms with Crippen LogP contribution in [0.3, 0.4) is 0 Å². The molecule has 0 saturated heterocycles. The first-order chi connectivity index (χ1) is 9.63. The second-order valence-electron chi connectivity index (χ2n) is 4.77. The third-order valence-corrected chi connectivity index (χ3v) is 3.91. The van der Waals surface area contributed by atoms with Crippen molar-refractivity contribution in [2.75, 3.05) is 6.54 Å². The quantitative estimate of drug-likeness (QED) is 0.859. The van der Waals surface area contributed by atoms with Crippen LogP contribution in [0.2, 0.25) is 10.0 Å². The fourth-order valence-corrected chi connectivity index (χ4v) is 2.48. The molecular weight excluding hydrogens is 291 g/mol. The molecule has 1 atom stereocenters. The molecule has 0 fully saturated rings. The van der Waals surface area contributed by atoms with Gasteiger partial charge in [-0.15, -0.1) is 0 Å². The summed E-state index contributed by atoms with van der Waals surface area (Å²) in [5.41, 5.74) is 2.98. The maximum Gasteiger partial charge on any atom is 0.0804 e. The van der Waals surface area contributed by atoms with Crippen LogP contribution in [0, 0.1) is 6.92 Å². The number of aryl methyl sites for hydroxylation is 1. The van der Waals surface area contributed by atoms with E-state index in [4.69, 9.17) is 23.2 Å². The molecule has 0 saturated carbocycles. The van der Waals surface area contributed by atoms with E-state index in [-0.39, 0.29) is 6.04 Å². The smallest absolute Gasteiger partial charge is 0.0804 e. The third kappa shape index (κ3) is 3.51. The highest BCUT2D eigenvalue weighted by Gasteiger charge is 2.18. The molecule has 2 nitrogen and oxygen atoms in total. The number of hydrogen-bond acceptors (Lipinski definition) is 2. The van der Waals surface area contributed by atoms with Gasteiger partial charge in [-0.3, -0.25) is 4.98 Å². The predicted molar refractivity (Wildman–Crippen MR) is 85.6 cm³/mol. The summed E-state index contributed by atoms with van der Waals surface area (Å²) in [6.07, 6.45) is 2.80. The Bertz CT molecular complexity index is 584. The minimum absolute atomic E-state index is 0.0400. The summed E-state index contributed by atoms with van der Waals surface area (Å²) in [5, 5.41) is 4.91. The number of nitrogens with zero attached hydrogens (tertiary/aromatic N) is 1. The van der Waals surface area contributed by atoms with Crippen LogP contribution in [-0.4, -0.2) is 11.5 Å². The fraction of sp³-hybridized carbons (Fsp3) is 0.312. The van der Waals surface area contributed by atoms with E-state index < -0.39 is 0 Å². The lowest BCUT2D eigenvalue weighted by atomic mass is 10.0. The number of halogens is 2. The van der Waals surface area contributed by atoms with Crippen LogP contribution in [0.25, 0.3) is 0 Å². The van der Waals surface area contributed by atoms with Crippen molar-refractivity contribution < 1.29 is 0 Å². The van der Waals surface area contributed by atoms with Crippen molar-refractivity contribution in [1.82, 2.24) is 10.3 Å². The second kappa shape index (κ2) is 7.07. The van der Waals surface area contributed by atoms with Crippen LogP contribution < -0.4 is 5.32 Å². The van der Waals surface area contributed by atoms with Crippen LogP contribution in [0.1, 0.15) is 36.2 Å². The maximum atomic E-state index is 6.28. The Labute approximate surface area is 130 Å². The number of hydrogen-bond donors (Lipinski definition) is 1. The van der Waals surface area contributed by atoms with Crippen molar-refractivity contribution >= 4 is 23.2 Å². The van der Waals surface area contributed by atoms with Gasteiger partial charge >= 0.3 is 0 Å². The topological polar surface area (TPSA) is 24.9 Å². The van der Waals surface area contributed by atoms with Gasteiger partial charge in [0.1, 0.15) is 0 Å². The molecule has 0 bridgehead atoms. The maximum absolute atomic E-state index is 6.28. The van der Waals surface area contributed by atoms with Crippen LogP contribution in [0.5, 0.6) is 0 Å². The summed E-state index contributed by atoms with van der Waals surface area (Å²) in [7, 11) is 0. The van der Waals surface area contributed by atoms with Gasteiger partial charge in [-0.05, 0) is 49.2 Å². The summed E-state index contributed by atoms with van der Waals surface area (Å²) in [6.45, 7) is 5.02. The van der Waals surface area contributed by atoms with E-state index in [1.807, 2.05) is 31.2 Å². The van der Waals surface area contributed by atoms with E-state index >= 15 is 0 Å². The van der Waals surface area contributed by atoms with Crippen molar-refractivity contribution in [1.29, 1.82) is 0 Å². The molecule has 0 amide bonds. The summed E-state index contributed by atoms with van der Waals surface area (Å²) >= 11 is 12.5. The average Bonchev–Trinajstić information content (AvgIpc) is 2.44. The zero-order valence-electron chi connectivity index (χ0n) is 11.7. The van der Waals surface area contributed by atoms with Gasteiger partial charge < -0.3 is 5.32 Å². The molecule has 1 N–H and O–H groups in total. The first-order valence-corrected chi connectivity index (χ1v) is 7.49. The van der Waals surface area contributed by atoms with E-state index in [2.05, 4.69) is 23.3 Å². The minimum atomic E-state index is -0.0400. The second-order valence-corrected chi connectivity index (χ2v) is 5.58. The molecule has 2 aromatic rings. The Hall–Kier alpha value is -1.09. The highest BCUT2D eigenvalue weighted by molar-refractivity contribution is 6.31. The molecule has 0 spiro atoms. The minimum Gasteiger partial charge on any atom is -0.305 e. The number of rotatable bonds is 5. The van der Waals surface area contributed by atoms with Crippen molar-refractivity contribution in [2.24, 2.45) is 0 Å². The molecule has 1 heterocycles. The Balaban J connectivity index is 2.41. The Morgan fingerprint density at radius 1 is 1.20 bits per heavy atom. The van der Waals surface area contributed by atoms with Crippen LogP contribution >= 0.6 is 23.2 Å². The lowest BCUT2D eigenvalue weighted by molar-refractivity contribution is 0.586. The van der Waals surface area contributed by atoms with Crippen molar-refractivity contribution in [3.05, 3.63) is 63.4 Å². The number of pyridine rings is 1.